The van der Waals surface area contributed by atoms with Gasteiger partial charge < -0.3 is 9.84 Å². The van der Waals surface area contributed by atoms with Crippen LogP contribution in [0.5, 0.6) is 0 Å². The number of anilines is 1. The predicted molar refractivity (Wildman–Crippen MR) is 83.4 cm³/mol. The van der Waals surface area contributed by atoms with E-state index in [0.717, 1.165) is 23.4 Å². The number of aryl methyl sites for hydroxylation is 3. The zero-order chi connectivity index (χ0) is 15.2. The number of nitrogens with zero attached hydrogens (tertiary/aromatic N) is 1. The highest BCUT2D eigenvalue weighted by Crippen LogP contribution is 2.15. The standard InChI is InChI=1S/C17H22N2O2/c1-4-5-6-14-7-9-15(10-8-14)18-17(20)11-16-12(2)19-21-13(16)3/h7-10H,4-6,11H2,1-3H3,(H,18,20). The normalized spacial score (nSPS) is 10.6. The van der Waals surface area contributed by atoms with E-state index in [-0.39, 0.29) is 5.91 Å². The maximum absolute atomic E-state index is 12.1. The zero-order valence-corrected chi connectivity index (χ0v) is 12.9. The monoisotopic (exact) mass is 286 g/mol. The molecule has 0 fully saturated rings. The van der Waals surface area contributed by atoms with Crippen molar-refractivity contribution in [3.05, 3.63) is 46.8 Å². The summed E-state index contributed by atoms with van der Waals surface area (Å²) in [5.74, 6) is 0.656. The first kappa shape index (κ1) is 15.3. The minimum absolute atomic E-state index is 0.0503. The lowest BCUT2D eigenvalue weighted by Crippen LogP contribution is -2.15. The van der Waals surface area contributed by atoms with Crippen LogP contribution in [0.4, 0.5) is 5.69 Å². The molecule has 1 amide bonds. The minimum atomic E-state index is -0.0503. The van der Waals surface area contributed by atoms with E-state index < -0.39 is 0 Å². The molecule has 1 N–H and O–H groups in total. The number of aromatic nitrogens is 1. The fourth-order valence-electron chi connectivity index (χ4n) is 2.26. The highest BCUT2D eigenvalue weighted by atomic mass is 16.5. The molecule has 2 aromatic rings. The van der Waals surface area contributed by atoms with Crippen LogP contribution in [0.15, 0.2) is 28.8 Å². The van der Waals surface area contributed by atoms with Crippen LogP contribution in [-0.2, 0) is 17.6 Å². The Bertz CT molecular complexity index is 580. The molecule has 1 heterocycles. The molecule has 0 saturated heterocycles. The summed E-state index contributed by atoms with van der Waals surface area (Å²) < 4.78 is 5.07. The molecule has 1 aromatic carbocycles. The number of rotatable bonds is 6. The van der Waals surface area contributed by atoms with Crippen LogP contribution in [0.1, 0.15) is 42.3 Å². The van der Waals surface area contributed by atoms with Crippen LogP contribution in [0.3, 0.4) is 0 Å². The largest absolute Gasteiger partial charge is 0.361 e. The van der Waals surface area contributed by atoms with Gasteiger partial charge >= 0.3 is 0 Å². The number of benzene rings is 1. The second kappa shape index (κ2) is 7.07. The van der Waals surface area contributed by atoms with Crippen LogP contribution in [0, 0.1) is 13.8 Å². The van der Waals surface area contributed by atoms with Gasteiger partial charge in [-0.25, -0.2) is 0 Å². The fraction of sp³-hybridized carbons (Fsp3) is 0.412. The van der Waals surface area contributed by atoms with Gasteiger partial charge in [-0.15, -0.1) is 0 Å². The van der Waals surface area contributed by atoms with Crippen LogP contribution < -0.4 is 5.32 Å². The van der Waals surface area contributed by atoms with Crippen molar-refractivity contribution in [2.45, 2.75) is 46.5 Å². The molecule has 0 spiro atoms. The molecule has 0 aliphatic rings. The summed E-state index contributed by atoms with van der Waals surface area (Å²) in [6.07, 6.45) is 3.76. The molecule has 0 unspecified atom stereocenters. The lowest BCUT2D eigenvalue weighted by molar-refractivity contribution is -0.115. The SMILES string of the molecule is CCCCc1ccc(NC(=O)Cc2c(C)noc2C)cc1. The molecule has 0 atom stereocenters. The Balaban J connectivity index is 1.93. The Labute approximate surface area is 125 Å². The lowest BCUT2D eigenvalue weighted by Gasteiger charge is -2.06. The van der Waals surface area contributed by atoms with Gasteiger partial charge in [-0.1, -0.05) is 30.6 Å². The van der Waals surface area contributed by atoms with Gasteiger partial charge in [0.05, 0.1) is 12.1 Å². The van der Waals surface area contributed by atoms with Crippen molar-refractivity contribution in [1.82, 2.24) is 5.16 Å². The van der Waals surface area contributed by atoms with Crippen molar-refractivity contribution >= 4 is 11.6 Å². The average molecular weight is 286 g/mol. The summed E-state index contributed by atoms with van der Waals surface area (Å²) in [4.78, 5) is 12.1. The molecular weight excluding hydrogens is 264 g/mol. The molecule has 4 heteroatoms. The summed E-state index contributed by atoms with van der Waals surface area (Å²) in [7, 11) is 0. The number of carbonyl (C=O) groups excluding carboxylic acids is 1. The molecule has 0 bridgehead atoms. The predicted octanol–water partition coefficient (Wildman–Crippen LogP) is 3.82. The van der Waals surface area contributed by atoms with Gasteiger partial charge in [0.2, 0.25) is 5.91 Å². The number of hydrogen-bond donors (Lipinski definition) is 1. The summed E-state index contributed by atoms with van der Waals surface area (Å²) >= 11 is 0. The van der Waals surface area contributed by atoms with E-state index in [1.54, 1.807) is 0 Å². The number of hydrogen-bond acceptors (Lipinski definition) is 3. The Kier molecular flexibility index (Phi) is 5.14. The first-order valence-electron chi connectivity index (χ1n) is 7.40. The Morgan fingerprint density at radius 3 is 2.52 bits per heavy atom. The molecule has 0 aliphatic heterocycles. The van der Waals surface area contributed by atoms with Crippen molar-refractivity contribution in [1.29, 1.82) is 0 Å². The van der Waals surface area contributed by atoms with Gasteiger partial charge in [-0.3, -0.25) is 4.79 Å². The van der Waals surface area contributed by atoms with E-state index in [1.807, 2.05) is 26.0 Å². The summed E-state index contributed by atoms with van der Waals surface area (Å²) in [6.45, 7) is 5.86. The highest BCUT2D eigenvalue weighted by molar-refractivity contribution is 5.92. The summed E-state index contributed by atoms with van der Waals surface area (Å²) in [5, 5.41) is 6.77. The second-order valence-corrected chi connectivity index (χ2v) is 5.33. The van der Waals surface area contributed by atoms with Crippen molar-refractivity contribution in [2.24, 2.45) is 0 Å². The number of amides is 1. The van der Waals surface area contributed by atoms with Crippen LogP contribution >= 0.6 is 0 Å². The third kappa shape index (κ3) is 4.18. The zero-order valence-electron chi connectivity index (χ0n) is 12.9. The van der Waals surface area contributed by atoms with Crippen LogP contribution in [0.2, 0.25) is 0 Å². The molecule has 0 aliphatic carbocycles. The quantitative estimate of drug-likeness (QED) is 0.878. The molecule has 2 rings (SSSR count). The molecule has 0 radical (unpaired) electrons. The van der Waals surface area contributed by atoms with Crippen molar-refractivity contribution in [3.8, 4) is 0 Å². The van der Waals surface area contributed by atoms with E-state index in [2.05, 4.69) is 29.5 Å². The van der Waals surface area contributed by atoms with Crippen molar-refractivity contribution in [2.75, 3.05) is 5.32 Å². The molecule has 112 valence electrons. The van der Waals surface area contributed by atoms with E-state index in [4.69, 9.17) is 4.52 Å². The average Bonchev–Trinajstić information content (AvgIpc) is 2.78. The van der Waals surface area contributed by atoms with Gasteiger partial charge in [0.1, 0.15) is 5.76 Å². The van der Waals surface area contributed by atoms with E-state index in [0.29, 0.717) is 12.2 Å². The first-order chi connectivity index (χ1) is 10.1. The van der Waals surface area contributed by atoms with E-state index in [1.165, 1.54) is 18.4 Å². The fourth-order valence-corrected chi connectivity index (χ4v) is 2.26. The first-order valence-corrected chi connectivity index (χ1v) is 7.40. The Morgan fingerprint density at radius 2 is 1.95 bits per heavy atom. The number of nitrogens with one attached hydrogen (secondary N) is 1. The third-order valence-electron chi connectivity index (χ3n) is 3.58. The van der Waals surface area contributed by atoms with E-state index >= 15 is 0 Å². The van der Waals surface area contributed by atoms with Gasteiger partial charge in [0.25, 0.3) is 0 Å². The number of unbranched alkanes of at least 4 members (excludes halogenated alkanes) is 1. The second-order valence-electron chi connectivity index (χ2n) is 5.33. The Hall–Kier alpha value is -2.10. The number of carbonyl (C=O) groups is 1. The van der Waals surface area contributed by atoms with E-state index in [9.17, 15) is 4.79 Å². The van der Waals surface area contributed by atoms with Crippen LogP contribution in [-0.4, -0.2) is 11.1 Å². The van der Waals surface area contributed by atoms with Gasteiger partial charge in [0, 0.05) is 11.3 Å². The van der Waals surface area contributed by atoms with Gasteiger partial charge in [0.15, 0.2) is 0 Å². The molecule has 1 aromatic heterocycles. The van der Waals surface area contributed by atoms with Crippen LogP contribution in [0.25, 0.3) is 0 Å². The minimum Gasteiger partial charge on any atom is -0.361 e. The maximum Gasteiger partial charge on any atom is 0.228 e. The molecule has 0 saturated carbocycles. The summed E-state index contributed by atoms with van der Waals surface area (Å²) in [6, 6.07) is 8.05. The molecule has 21 heavy (non-hydrogen) atoms. The highest BCUT2D eigenvalue weighted by Gasteiger charge is 2.13. The third-order valence-corrected chi connectivity index (χ3v) is 3.58. The van der Waals surface area contributed by atoms with Crippen molar-refractivity contribution in [3.63, 3.8) is 0 Å². The lowest BCUT2D eigenvalue weighted by atomic mass is 10.1. The Morgan fingerprint density at radius 1 is 1.24 bits per heavy atom. The smallest absolute Gasteiger partial charge is 0.228 e. The molecule has 4 nitrogen and oxygen atoms in total. The van der Waals surface area contributed by atoms with Crippen molar-refractivity contribution < 1.29 is 9.32 Å². The summed E-state index contributed by atoms with van der Waals surface area (Å²) in [5.41, 5.74) is 3.78. The topological polar surface area (TPSA) is 55.1 Å². The molecular formula is C17H22N2O2. The van der Waals surface area contributed by atoms with Gasteiger partial charge in [-0.2, -0.15) is 0 Å². The maximum atomic E-state index is 12.1. The van der Waals surface area contributed by atoms with Gasteiger partial charge in [-0.05, 0) is 44.4 Å².